The normalized spacial score (nSPS) is 10.8. The van der Waals surface area contributed by atoms with Gasteiger partial charge in [0.2, 0.25) is 0 Å². The van der Waals surface area contributed by atoms with Gasteiger partial charge in [-0.3, -0.25) is 9.79 Å². The van der Waals surface area contributed by atoms with Gasteiger partial charge in [0.15, 0.2) is 5.78 Å². The summed E-state index contributed by atoms with van der Waals surface area (Å²) in [6.07, 6.45) is 0. The molecule has 1 aromatic carbocycles. The number of Topliss-reactive ketones (excluding diaryl/α,β-unsaturated/α-hetero) is 1. The Kier molecular flexibility index (Phi) is 6.76. The summed E-state index contributed by atoms with van der Waals surface area (Å²) >= 11 is 0. The summed E-state index contributed by atoms with van der Waals surface area (Å²) in [5.41, 5.74) is 4.03. The fourth-order valence-corrected chi connectivity index (χ4v) is 2.14. The van der Waals surface area contributed by atoms with E-state index >= 15 is 0 Å². The van der Waals surface area contributed by atoms with E-state index in [1.807, 2.05) is 34.6 Å². The zero-order chi connectivity index (χ0) is 17.6. The van der Waals surface area contributed by atoms with Gasteiger partial charge in [0.25, 0.3) is 0 Å². The van der Waals surface area contributed by atoms with Crippen LogP contribution in [-0.4, -0.2) is 16.5 Å². The van der Waals surface area contributed by atoms with E-state index in [2.05, 4.69) is 9.98 Å². The molecule has 0 unspecified atom stereocenters. The summed E-state index contributed by atoms with van der Waals surface area (Å²) in [6.45, 7) is 10.9. The van der Waals surface area contributed by atoms with Crippen molar-refractivity contribution in [2.24, 2.45) is 4.99 Å². The van der Waals surface area contributed by atoms with E-state index in [-0.39, 0.29) is 11.6 Å². The zero-order valence-corrected chi connectivity index (χ0v) is 14.6. The van der Waals surface area contributed by atoms with E-state index in [0.29, 0.717) is 17.1 Å². The van der Waals surface area contributed by atoms with Crippen molar-refractivity contribution in [3.05, 3.63) is 58.7 Å². The molecule has 0 aliphatic carbocycles. The Labute approximate surface area is 137 Å². The first-order valence-corrected chi connectivity index (χ1v) is 7.69. The Bertz CT molecular complexity index is 713. The first kappa shape index (κ1) is 18.7. The van der Waals surface area contributed by atoms with Crippen LogP contribution in [0.4, 0.5) is 10.1 Å². The SMILES string of the molecule is CC.CC(=O)c1cccc(C(C)=Nc2c(C)cc(F)cc2C)n1. The summed E-state index contributed by atoms with van der Waals surface area (Å²) < 4.78 is 13.3. The lowest BCUT2D eigenvalue weighted by Crippen LogP contribution is -2.04. The number of hydrogen-bond acceptors (Lipinski definition) is 3. The first-order chi connectivity index (χ1) is 10.9. The molecule has 0 amide bonds. The Morgan fingerprint density at radius 1 is 1.04 bits per heavy atom. The Morgan fingerprint density at radius 2 is 1.57 bits per heavy atom. The van der Waals surface area contributed by atoms with Crippen molar-refractivity contribution >= 4 is 17.2 Å². The molecule has 0 bridgehead atoms. The fourth-order valence-electron chi connectivity index (χ4n) is 2.14. The predicted molar refractivity (Wildman–Crippen MR) is 93.3 cm³/mol. The summed E-state index contributed by atoms with van der Waals surface area (Å²) in [7, 11) is 0. The lowest BCUT2D eigenvalue weighted by Gasteiger charge is -2.07. The molecule has 1 aromatic heterocycles. The van der Waals surface area contributed by atoms with Gasteiger partial charge in [0, 0.05) is 6.92 Å². The number of hydrogen-bond donors (Lipinski definition) is 0. The molecule has 2 rings (SSSR count). The molecule has 1 heterocycles. The third-order valence-electron chi connectivity index (χ3n) is 3.22. The molecule has 3 nitrogen and oxygen atoms in total. The van der Waals surface area contributed by atoms with Gasteiger partial charge >= 0.3 is 0 Å². The molecule has 4 heteroatoms. The van der Waals surface area contributed by atoms with Gasteiger partial charge in [0.05, 0.1) is 17.1 Å². The number of aromatic nitrogens is 1. The molecule has 0 atom stereocenters. The molecule has 0 aliphatic heterocycles. The molecular formula is C19H23FN2O. The molecular weight excluding hydrogens is 291 g/mol. The van der Waals surface area contributed by atoms with Crippen molar-refractivity contribution in [2.75, 3.05) is 0 Å². The van der Waals surface area contributed by atoms with Gasteiger partial charge in [0.1, 0.15) is 11.5 Å². The molecule has 122 valence electrons. The van der Waals surface area contributed by atoms with Gasteiger partial charge in [-0.1, -0.05) is 19.9 Å². The van der Waals surface area contributed by atoms with Crippen LogP contribution in [0.25, 0.3) is 0 Å². The van der Waals surface area contributed by atoms with E-state index in [4.69, 9.17) is 0 Å². The number of pyridine rings is 1. The molecule has 0 spiro atoms. The smallest absolute Gasteiger partial charge is 0.178 e. The summed E-state index contributed by atoms with van der Waals surface area (Å²) in [5.74, 6) is -0.350. The van der Waals surface area contributed by atoms with Gasteiger partial charge in [-0.15, -0.1) is 0 Å². The standard InChI is InChI=1S/C17H17FN2O.C2H6/c1-10-8-14(18)9-11(2)17(10)19-12(3)15-6-5-7-16(20-15)13(4)21;1-2/h5-9H,1-4H3;1-2H3. The Morgan fingerprint density at radius 3 is 2.09 bits per heavy atom. The topological polar surface area (TPSA) is 42.3 Å². The highest BCUT2D eigenvalue weighted by Gasteiger charge is 2.08. The number of rotatable bonds is 3. The molecule has 0 aliphatic rings. The third-order valence-corrected chi connectivity index (χ3v) is 3.22. The monoisotopic (exact) mass is 314 g/mol. The van der Waals surface area contributed by atoms with E-state index in [1.54, 1.807) is 18.2 Å². The van der Waals surface area contributed by atoms with Crippen LogP contribution in [-0.2, 0) is 0 Å². The van der Waals surface area contributed by atoms with Crippen LogP contribution in [0.2, 0.25) is 0 Å². The van der Waals surface area contributed by atoms with Gasteiger partial charge in [-0.05, 0) is 56.2 Å². The highest BCUT2D eigenvalue weighted by molar-refractivity contribution is 6.00. The highest BCUT2D eigenvalue weighted by atomic mass is 19.1. The number of ketones is 1. The van der Waals surface area contributed by atoms with Crippen LogP contribution in [0.3, 0.4) is 0 Å². The number of nitrogens with zero attached hydrogens (tertiary/aromatic N) is 2. The maximum absolute atomic E-state index is 13.3. The molecule has 0 fully saturated rings. The minimum absolute atomic E-state index is 0.0845. The maximum atomic E-state index is 13.3. The fraction of sp³-hybridized carbons (Fsp3) is 0.316. The molecule has 0 saturated carbocycles. The average molecular weight is 314 g/mol. The van der Waals surface area contributed by atoms with Crippen LogP contribution in [0, 0.1) is 19.7 Å². The number of aliphatic imine (C=N–C) groups is 1. The van der Waals surface area contributed by atoms with Crippen molar-refractivity contribution in [2.45, 2.75) is 41.5 Å². The van der Waals surface area contributed by atoms with Gasteiger partial charge in [-0.25, -0.2) is 9.37 Å². The molecule has 2 aromatic rings. The van der Waals surface area contributed by atoms with Crippen LogP contribution in [0.15, 0.2) is 35.3 Å². The van der Waals surface area contributed by atoms with Crippen molar-refractivity contribution in [1.82, 2.24) is 4.98 Å². The second kappa shape index (κ2) is 8.32. The van der Waals surface area contributed by atoms with E-state index in [1.165, 1.54) is 19.1 Å². The van der Waals surface area contributed by atoms with Crippen molar-refractivity contribution in [3.63, 3.8) is 0 Å². The lowest BCUT2D eigenvalue weighted by atomic mass is 10.1. The van der Waals surface area contributed by atoms with Crippen molar-refractivity contribution in [3.8, 4) is 0 Å². The Hall–Kier alpha value is -2.36. The third kappa shape index (κ3) is 4.81. The van der Waals surface area contributed by atoms with Crippen molar-refractivity contribution in [1.29, 1.82) is 0 Å². The maximum Gasteiger partial charge on any atom is 0.178 e. The number of carbonyl (C=O) groups excluding carboxylic acids is 1. The lowest BCUT2D eigenvalue weighted by molar-refractivity contribution is 0.101. The van der Waals surface area contributed by atoms with E-state index in [9.17, 15) is 9.18 Å². The first-order valence-electron chi connectivity index (χ1n) is 7.69. The van der Waals surface area contributed by atoms with E-state index < -0.39 is 0 Å². The van der Waals surface area contributed by atoms with Gasteiger partial charge in [-0.2, -0.15) is 0 Å². The van der Waals surface area contributed by atoms with Crippen LogP contribution in [0.5, 0.6) is 0 Å². The number of carbonyl (C=O) groups is 1. The summed E-state index contributed by atoms with van der Waals surface area (Å²) in [4.78, 5) is 20.2. The summed E-state index contributed by atoms with van der Waals surface area (Å²) in [6, 6.07) is 8.17. The van der Waals surface area contributed by atoms with Crippen LogP contribution >= 0.6 is 0 Å². The minimum Gasteiger partial charge on any atom is -0.293 e. The van der Waals surface area contributed by atoms with E-state index in [0.717, 1.165) is 16.8 Å². The zero-order valence-electron chi connectivity index (χ0n) is 14.6. The average Bonchev–Trinajstić information content (AvgIpc) is 2.52. The number of aryl methyl sites for hydroxylation is 2. The predicted octanol–water partition coefficient (Wildman–Crippen LogP) is 5.21. The quantitative estimate of drug-likeness (QED) is 0.576. The summed E-state index contributed by atoms with van der Waals surface area (Å²) in [5, 5.41) is 0. The van der Waals surface area contributed by atoms with Gasteiger partial charge < -0.3 is 0 Å². The second-order valence-corrected chi connectivity index (χ2v) is 5.05. The second-order valence-electron chi connectivity index (χ2n) is 5.05. The van der Waals surface area contributed by atoms with Crippen LogP contribution in [0.1, 0.15) is 55.0 Å². The van der Waals surface area contributed by atoms with Crippen molar-refractivity contribution < 1.29 is 9.18 Å². The highest BCUT2D eigenvalue weighted by Crippen LogP contribution is 2.25. The number of halogens is 1. The minimum atomic E-state index is -0.265. The number of benzene rings is 1. The van der Waals surface area contributed by atoms with Crippen LogP contribution < -0.4 is 0 Å². The largest absolute Gasteiger partial charge is 0.293 e. The molecule has 0 radical (unpaired) electrons. The molecule has 0 saturated heterocycles. The Balaban J connectivity index is 0.00000127. The molecule has 0 N–H and O–H groups in total. The molecule has 23 heavy (non-hydrogen) atoms.